The Labute approximate surface area is 122 Å². The van der Waals surface area contributed by atoms with Crippen molar-refractivity contribution in [2.24, 2.45) is 11.8 Å². The zero-order valence-electron chi connectivity index (χ0n) is 10.5. The standard InChI is InChI=1S/C12H18Cl2N4O/c13-8-5-9(14)12(18-15)17-11(8)16-10-4-2-1-3-7(10)6-19/h5,7,10,19H,1-4,6,15H2,(H2,16,17,18). The van der Waals surface area contributed by atoms with E-state index in [-0.39, 0.29) is 18.6 Å². The molecule has 1 heterocycles. The number of nitrogen functional groups attached to an aromatic ring is 1. The molecule has 0 aliphatic heterocycles. The van der Waals surface area contributed by atoms with Gasteiger partial charge in [-0.3, -0.25) is 0 Å². The van der Waals surface area contributed by atoms with Crippen LogP contribution in [0.5, 0.6) is 0 Å². The van der Waals surface area contributed by atoms with Gasteiger partial charge in [-0.25, -0.2) is 10.8 Å². The average Bonchev–Trinajstić information content (AvgIpc) is 2.42. The van der Waals surface area contributed by atoms with Crippen LogP contribution in [0.1, 0.15) is 25.7 Å². The van der Waals surface area contributed by atoms with Crippen LogP contribution in [0.4, 0.5) is 11.6 Å². The number of nitrogens with two attached hydrogens (primary N) is 1. The molecule has 0 spiro atoms. The summed E-state index contributed by atoms with van der Waals surface area (Å²) < 4.78 is 0. The number of aliphatic hydroxyl groups excluding tert-OH is 1. The van der Waals surface area contributed by atoms with E-state index in [0.717, 1.165) is 25.7 Å². The zero-order valence-corrected chi connectivity index (χ0v) is 12.0. The number of rotatable bonds is 4. The minimum atomic E-state index is 0.171. The summed E-state index contributed by atoms with van der Waals surface area (Å²) in [5, 5.41) is 13.5. The lowest BCUT2D eigenvalue weighted by molar-refractivity contribution is 0.178. The minimum absolute atomic E-state index is 0.171. The summed E-state index contributed by atoms with van der Waals surface area (Å²) in [4.78, 5) is 4.26. The van der Waals surface area contributed by atoms with Crippen LogP contribution in [-0.4, -0.2) is 22.7 Å². The zero-order chi connectivity index (χ0) is 13.8. The molecule has 0 amide bonds. The van der Waals surface area contributed by atoms with Gasteiger partial charge in [0.15, 0.2) is 5.82 Å². The van der Waals surface area contributed by atoms with Crippen LogP contribution in [0.3, 0.4) is 0 Å². The molecule has 5 N–H and O–H groups in total. The van der Waals surface area contributed by atoms with Crippen molar-refractivity contribution >= 4 is 34.8 Å². The molecule has 1 aromatic heterocycles. The lowest BCUT2D eigenvalue weighted by Gasteiger charge is -2.31. The number of halogens is 2. The average molecular weight is 305 g/mol. The molecule has 1 aliphatic rings. The third kappa shape index (κ3) is 3.42. The largest absolute Gasteiger partial charge is 0.396 e. The molecule has 7 heteroatoms. The topological polar surface area (TPSA) is 83.2 Å². The van der Waals surface area contributed by atoms with Crippen molar-refractivity contribution in [3.8, 4) is 0 Å². The molecule has 106 valence electrons. The molecule has 19 heavy (non-hydrogen) atoms. The predicted octanol–water partition coefficient (Wildman–Crippen LogP) is 2.64. The lowest BCUT2D eigenvalue weighted by atomic mass is 9.85. The molecule has 5 nitrogen and oxygen atoms in total. The van der Waals surface area contributed by atoms with Crippen molar-refractivity contribution in [2.45, 2.75) is 31.7 Å². The Morgan fingerprint density at radius 3 is 2.63 bits per heavy atom. The van der Waals surface area contributed by atoms with Crippen LogP contribution in [0, 0.1) is 5.92 Å². The molecule has 2 unspecified atom stereocenters. The Morgan fingerprint density at radius 2 is 1.95 bits per heavy atom. The smallest absolute Gasteiger partial charge is 0.161 e. The first-order chi connectivity index (χ1) is 9.15. The van der Waals surface area contributed by atoms with Gasteiger partial charge in [-0.05, 0) is 18.9 Å². The highest BCUT2D eigenvalue weighted by Crippen LogP contribution is 2.32. The van der Waals surface area contributed by atoms with Crippen molar-refractivity contribution in [1.82, 2.24) is 4.98 Å². The molecule has 2 rings (SSSR count). The number of anilines is 2. The molecular weight excluding hydrogens is 287 g/mol. The Bertz CT molecular complexity index is 444. The number of aromatic nitrogens is 1. The van der Waals surface area contributed by atoms with E-state index < -0.39 is 0 Å². The van der Waals surface area contributed by atoms with E-state index in [0.29, 0.717) is 21.7 Å². The summed E-state index contributed by atoms with van der Waals surface area (Å²) in [6.45, 7) is 0.171. The number of hydrogen-bond donors (Lipinski definition) is 4. The maximum Gasteiger partial charge on any atom is 0.161 e. The number of nitrogens with one attached hydrogen (secondary N) is 2. The van der Waals surface area contributed by atoms with Gasteiger partial charge in [-0.15, -0.1) is 0 Å². The van der Waals surface area contributed by atoms with Crippen LogP contribution in [0.25, 0.3) is 0 Å². The number of hydrazine groups is 1. The normalized spacial score (nSPS) is 23.2. The third-order valence-corrected chi connectivity index (χ3v) is 4.11. The second-order valence-corrected chi connectivity index (χ2v) is 5.59. The van der Waals surface area contributed by atoms with Gasteiger partial charge >= 0.3 is 0 Å². The molecule has 0 saturated heterocycles. The highest BCUT2D eigenvalue weighted by atomic mass is 35.5. The molecule has 1 fully saturated rings. The third-order valence-electron chi connectivity index (χ3n) is 3.53. The number of aliphatic hydroxyl groups is 1. The van der Waals surface area contributed by atoms with Crippen molar-refractivity contribution in [3.05, 3.63) is 16.1 Å². The molecule has 1 aliphatic carbocycles. The fourth-order valence-electron chi connectivity index (χ4n) is 2.46. The summed E-state index contributed by atoms with van der Waals surface area (Å²) in [6, 6.07) is 1.78. The molecule has 0 aromatic carbocycles. The van der Waals surface area contributed by atoms with E-state index in [9.17, 15) is 5.11 Å². The van der Waals surface area contributed by atoms with Crippen molar-refractivity contribution in [1.29, 1.82) is 0 Å². The molecule has 1 aromatic rings. The Kier molecular flexibility index (Phi) is 5.10. The summed E-state index contributed by atoms with van der Waals surface area (Å²) >= 11 is 12.1. The van der Waals surface area contributed by atoms with Crippen LogP contribution >= 0.6 is 23.2 Å². The number of hydrogen-bond acceptors (Lipinski definition) is 5. The maximum atomic E-state index is 9.41. The van der Waals surface area contributed by atoms with Crippen LogP contribution in [0.15, 0.2) is 6.07 Å². The quantitative estimate of drug-likeness (QED) is 0.508. The maximum absolute atomic E-state index is 9.41. The van der Waals surface area contributed by atoms with Gasteiger partial charge in [-0.1, -0.05) is 36.0 Å². The van der Waals surface area contributed by atoms with Crippen molar-refractivity contribution in [3.63, 3.8) is 0 Å². The molecule has 2 atom stereocenters. The highest BCUT2D eigenvalue weighted by Gasteiger charge is 2.25. The second-order valence-electron chi connectivity index (χ2n) is 4.77. The monoisotopic (exact) mass is 304 g/mol. The van der Waals surface area contributed by atoms with Crippen LogP contribution < -0.4 is 16.6 Å². The minimum Gasteiger partial charge on any atom is -0.396 e. The fourth-order valence-corrected chi connectivity index (χ4v) is 2.93. The van der Waals surface area contributed by atoms with E-state index in [1.807, 2.05) is 0 Å². The summed E-state index contributed by atoms with van der Waals surface area (Å²) in [5.74, 6) is 6.51. The van der Waals surface area contributed by atoms with E-state index in [2.05, 4.69) is 15.7 Å². The number of nitrogens with zero attached hydrogens (tertiary/aromatic N) is 1. The van der Waals surface area contributed by atoms with Crippen LogP contribution in [-0.2, 0) is 0 Å². The fraction of sp³-hybridized carbons (Fsp3) is 0.583. The lowest BCUT2D eigenvalue weighted by Crippen LogP contribution is -2.34. The first-order valence-electron chi connectivity index (χ1n) is 6.35. The van der Waals surface area contributed by atoms with Gasteiger partial charge in [0.1, 0.15) is 5.82 Å². The summed E-state index contributed by atoms with van der Waals surface area (Å²) in [7, 11) is 0. The molecule has 1 saturated carbocycles. The molecule has 0 radical (unpaired) electrons. The predicted molar refractivity (Wildman–Crippen MR) is 78.5 cm³/mol. The van der Waals surface area contributed by atoms with Gasteiger partial charge in [0.25, 0.3) is 0 Å². The van der Waals surface area contributed by atoms with E-state index >= 15 is 0 Å². The Hall–Kier alpha value is -0.750. The summed E-state index contributed by atoms with van der Waals surface area (Å²) in [5.41, 5.74) is 2.43. The number of pyridine rings is 1. The first kappa shape index (κ1) is 14.7. The van der Waals surface area contributed by atoms with Crippen LogP contribution in [0.2, 0.25) is 10.0 Å². The Morgan fingerprint density at radius 1 is 1.26 bits per heavy atom. The van der Waals surface area contributed by atoms with Gasteiger partial charge in [0.2, 0.25) is 0 Å². The summed E-state index contributed by atoms with van der Waals surface area (Å²) in [6.07, 6.45) is 4.31. The van der Waals surface area contributed by atoms with Gasteiger partial charge in [0.05, 0.1) is 10.0 Å². The van der Waals surface area contributed by atoms with Gasteiger partial charge < -0.3 is 15.8 Å². The second kappa shape index (κ2) is 6.61. The van der Waals surface area contributed by atoms with Crippen molar-refractivity contribution in [2.75, 3.05) is 17.3 Å². The SMILES string of the molecule is NNc1nc(NC2CCCCC2CO)c(Cl)cc1Cl. The Balaban J connectivity index is 2.17. The van der Waals surface area contributed by atoms with E-state index in [1.165, 1.54) is 0 Å². The van der Waals surface area contributed by atoms with Gasteiger partial charge in [0, 0.05) is 18.6 Å². The molecular formula is C12H18Cl2N4O. The molecule has 0 bridgehead atoms. The van der Waals surface area contributed by atoms with Crippen molar-refractivity contribution < 1.29 is 5.11 Å². The van der Waals surface area contributed by atoms with Gasteiger partial charge in [-0.2, -0.15) is 0 Å². The van der Waals surface area contributed by atoms with E-state index in [1.54, 1.807) is 6.07 Å². The highest BCUT2D eigenvalue weighted by molar-refractivity contribution is 6.37. The van der Waals surface area contributed by atoms with E-state index in [4.69, 9.17) is 29.0 Å². The first-order valence-corrected chi connectivity index (χ1v) is 7.11.